The van der Waals surface area contributed by atoms with Gasteiger partial charge in [-0.15, -0.1) is 0 Å². The third kappa shape index (κ3) is 8.38. The molecule has 0 spiro atoms. The molecule has 35 heavy (non-hydrogen) atoms. The van der Waals surface area contributed by atoms with Crippen LogP contribution < -0.4 is 9.62 Å². The first-order chi connectivity index (χ1) is 16.5. The maximum absolute atomic E-state index is 13.7. The first-order valence-electron chi connectivity index (χ1n) is 12.2. The highest BCUT2D eigenvalue weighted by atomic mass is 32.2. The topological polar surface area (TPSA) is 86.8 Å². The molecule has 2 aromatic carbocycles. The van der Waals surface area contributed by atoms with Crippen LogP contribution in [0, 0.1) is 12.8 Å². The van der Waals surface area contributed by atoms with E-state index >= 15 is 0 Å². The number of hydrogen-bond donors (Lipinski definition) is 1. The molecule has 2 amide bonds. The van der Waals surface area contributed by atoms with Crippen LogP contribution >= 0.6 is 0 Å². The van der Waals surface area contributed by atoms with Crippen molar-refractivity contribution >= 4 is 27.5 Å². The Labute approximate surface area is 210 Å². The van der Waals surface area contributed by atoms with E-state index in [-0.39, 0.29) is 24.9 Å². The summed E-state index contributed by atoms with van der Waals surface area (Å²) in [5, 5.41) is 2.93. The number of nitrogens with zero attached hydrogens (tertiary/aromatic N) is 2. The standard InChI is InChI=1S/C27H39N3O4S/c1-7-22-13-15-24(16-14-22)30(35(6,33)34)19-26(31)29(18-23-11-9-21(5)10-12-23)25(8-2)27(32)28-17-20(3)4/h9-16,20,25H,7-8,17-19H2,1-6H3,(H,28,32). The van der Waals surface area contributed by atoms with Gasteiger partial charge in [0.2, 0.25) is 21.8 Å². The van der Waals surface area contributed by atoms with Crippen molar-refractivity contribution in [1.29, 1.82) is 0 Å². The van der Waals surface area contributed by atoms with Crippen LogP contribution in [-0.2, 0) is 32.6 Å². The van der Waals surface area contributed by atoms with Gasteiger partial charge in [0.25, 0.3) is 0 Å². The number of benzene rings is 2. The van der Waals surface area contributed by atoms with Crippen LogP contribution in [0.4, 0.5) is 5.69 Å². The summed E-state index contributed by atoms with van der Waals surface area (Å²) in [5.74, 6) is -0.397. The fraction of sp³-hybridized carbons (Fsp3) is 0.481. The molecule has 192 valence electrons. The van der Waals surface area contributed by atoms with Crippen molar-refractivity contribution in [3.8, 4) is 0 Å². The quantitative estimate of drug-likeness (QED) is 0.478. The number of amides is 2. The van der Waals surface area contributed by atoms with Crippen molar-refractivity contribution in [3.63, 3.8) is 0 Å². The number of rotatable bonds is 12. The van der Waals surface area contributed by atoms with Crippen molar-refractivity contribution in [2.45, 2.75) is 60.0 Å². The second-order valence-corrected chi connectivity index (χ2v) is 11.3. The zero-order valence-electron chi connectivity index (χ0n) is 21.7. The molecular formula is C27H39N3O4S. The van der Waals surface area contributed by atoms with Crippen molar-refractivity contribution < 1.29 is 18.0 Å². The Hall–Kier alpha value is -2.87. The van der Waals surface area contributed by atoms with Crippen molar-refractivity contribution in [2.75, 3.05) is 23.7 Å². The van der Waals surface area contributed by atoms with Crippen molar-refractivity contribution in [3.05, 3.63) is 65.2 Å². The zero-order chi connectivity index (χ0) is 26.2. The molecule has 0 fully saturated rings. The number of sulfonamides is 1. The fourth-order valence-corrected chi connectivity index (χ4v) is 4.59. The summed E-state index contributed by atoms with van der Waals surface area (Å²) in [6.07, 6.45) is 2.32. The van der Waals surface area contributed by atoms with Crippen LogP contribution in [0.3, 0.4) is 0 Å². The lowest BCUT2D eigenvalue weighted by Crippen LogP contribution is -2.52. The molecule has 0 aliphatic heterocycles. The molecule has 1 N–H and O–H groups in total. The van der Waals surface area contributed by atoms with Crippen molar-refractivity contribution in [2.24, 2.45) is 5.92 Å². The Bertz CT molecular complexity index is 1080. The molecule has 7 nitrogen and oxygen atoms in total. The van der Waals surface area contributed by atoms with Gasteiger partial charge >= 0.3 is 0 Å². The minimum Gasteiger partial charge on any atom is -0.354 e. The highest BCUT2D eigenvalue weighted by molar-refractivity contribution is 7.92. The molecule has 0 saturated carbocycles. The Kier molecular flexibility index (Phi) is 10.3. The van der Waals surface area contributed by atoms with E-state index in [0.717, 1.165) is 33.7 Å². The van der Waals surface area contributed by atoms with Gasteiger partial charge in [-0.2, -0.15) is 0 Å². The van der Waals surface area contributed by atoms with E-state index < -0.39 is 22.0 Å². The van der Waals surface area contributed by atoms with Crippen LogP contribution in [0.2, 0.25) is 0 Å². The predicted octanol–water partition coefficient (Wildman–Crippen LogP) is 3.90. The van der Waals surface area contributed by atoms with E-state index in [0.29, 0.717) is 18.7 Å². The van der Waals surface area contributed by atoms with Gasteiger partial charge in [0.15, 0.2) is 0 Å². The monoisotopic (exact) mass is 501 g/mol. The van der Waals surface area contributed by atoms with Gasteiger partial charge in [0, 0.05) is 13.1 Å². The van der Waals surface area contributed by atoms with Crippen LogP contribution in [-0.4, -0.2) is 50.5 Å². The number of hydrogen-bond acceptors (Lipinski definition) is 4. The van der Waals surface area contributed by atoms with Gasteiger partial charge in [-0.3, -0.25) is 13.9 Å². The smallest absolute Gasteiger partial charge is 0.244 e. The maximum atomic E-state index is 13.7. The number of carbonyl (C=O) groups excluding carboxylic acids is 2. The van der Waals surface area contributed by atoms with Gasteiger partial charge in [0.05, 0.1) is 11.9 Å². The van der Waals surface area contributed by atoms with Gasteiger partial charge in [-0.25, -0.2) is 8.42 Å². The van der Waals surface area contributed by atoms with Gasteiger partial charge in [-0.1, -0.05) is 69.7 Å². The highest BCUT2D eigenvalue weighted by Crippen LogP contribution is 2.21. The molecule has 0 aromatic heterocycles. The van der Waals surface area contributed by atoms with E-state index in [1.165, 1.54) is 4.90 Å². The minimum absolute atomic E-state index is 0.207. The maximum Gasteiger partial charge on any atom is 0.244 e. The summed E-state index contributed by atoms with van der Waals surface area (Å²) >= 11 is 0. The van der Waals surface area contributed by atoms with Crippen LogP contribution in [0.15, 0.2) is 48.5 Å². The number of aryl methyl sites for hydroxylation is 2. The lowest BCUT2D eigenvalue weighted by molar-refractivity contribution is -0.140. The third-order valence-electron chi connectivity index (χ3n) is 5.86. The molecule has 0 bridgehead atoms. The summed E-state index contributed by atoms with van der Waals surface area (Å²) in [6.45, 7) is 10.2. The highest BCUT2D eigenvalue weighted by Gasteiger charge is 2.31. The molecule has 2 rings (SSSR count). The summed E-state index contributed by atoms with van der Waals surface area (Å²) in [4.78, 5) is 28.2. The Morgan fingerprint density at radius 3 is 2.00 bits per heavy atom. The predicted molar refractivity (Wildman–Crippen MR) is 142 cm³/mol. The van der Waals surface area contributed by atoms with E-state index in [4.69, 9.17) is 0 Å². The van der Waals surface area contributed by atoms with E-state index in [1.54, 1.807) is 12.1 Å². The molecule has 8 heteroatoms. The van der Waals surface area contributed by atoms with Crippen LogP contribution in [0.25, 0.3) is 0 Å². The molecule has 0 saturated heterocycles. The fourth-order valence-electron chi connectivity index (χ4n) is 3.74. The summed E-state index contributed by atoms with van der Waals surface area (Å²) < 4.78 is 26.4. The molecule has 0 aliphatic rings. The summed E-state index contributed by atoms with van der Waals surface area (Å²) in [6, 6.07) is 14.2. The lowest BCUT2D eigenvalue weighted by atomic mass is 10.1. The number of anilines is 1. The Balaban J connectivity index is 2.40. The van der Waals surface area contributed by atoms with Gasteiger partial charge in [-0.05, 0) is 48.9 Å². The summed E-state index contributed by atoms with van der Waals surface area (Å²) in [5.41, 5.74) is 3.46. The van der Waals surface area contributed by atoms with Crippen LogP contribution in [0.1, 0.15) is 50.8 Å². The second-order valence-electron chi connectivity index (χ2n) is 9.36. The van der Waals surface area contributed by atoms with E-state index in [9.17, 15) is 18.0 Å². The second kappa shape index (κ2) is 12.7. The van der Waals surface area contributed by atoms with Gasteiger partial charge < -0.3 is 10.2 Å². The average Bonchev–Trinajstić information content (AvgIpc) is 2.81. The largest absolute Gasteiger partial charge is 0.354 e. The van der Waals surface area contributed by atoms with E-state index in [1.807, 2.05) is 71.0 Å². The normalized spacial score (nSPS) is 12.3. The lowest BCUT2D eigenvalue weighted by Gasteiger charge is -2.33. The first-order valence-corrected chi connectivity index (χ1v) is 14.0. The average molecular weight is 502 g/mol. The molecule has 2 aromatic rings. The third-order valence-corrected chi connectivity index (χ3v) is 7.00. The SMILES string of the molecule is CCc1ccc(N(CC(=O)N(Cc2ccc(C)cc2)C(CC)C(=O)NCC(C)C)S(C)(=O)=O)cc1. The van der Waals surface area contributed by atoms with Gasteiger partial charge in [0.1, 0.15) is 12.6 Å². The van der Waals surface area contributed by atoms with Crippen molar-refractivity contribution in [1.82, 2.24) is 10.2 Å². The van der Waals surface area contributed by atoms with Crippen LogP contribution in [0.5, 0.6) is 0 Å². The first kappa shape index (κ1) is 28.4. The summed E-state index contributed by atoms with van der Waals surface area (Å²) in [7, 11) is -3.73. The minimum atomic E-state index is -3.73. The zero-order valence-corrected chi connectivity index (χ0v) is 22.6. The molecule has 0 aliphatic carbocycles. The van der Waals surface area contributed by atoms with E-state index in [2.05, 4.69) is 5.32 Å². The molecule has 1 unspecified atom stereocenters. The molecular weight excluding hydrogens is 462 g/mol. The number of carbonyl (C=O) groups is 2. The Morgan fingerprint density at radius 1 is 0.943 bits per heavy atom. The Morgan fingerprint density at radius 2 is 1.51 bits per heavy atom. The molecule has 1 atom stereocenters. The number of nitrogens with one attached hydrogen (secondary N) is 1. The molecule has 0 radical (unpaired) electrons. The molecule has 0 heterocycles.